The Morgan fingerprint density at radius 1 is 0.864 bits per heavy atom. The van der Waals surface area contributed by atoms with Gasteiger partial charge in [-0.3, -0.25) is 0 Å². The third kappa shape index (κ3) is 8.67. The van der Waals surface area contributed by atoms with Crippen LogP contribution in [0.5, 0.6) is 0 Å². The summed E-state index contributed by atoms with van der Waals surface area (Å²) < 4.78 is 0. The smallest absolute Gasteiger partial charge is 0.00948 e. The summed E-state index contributed by atoms with van der Waals surface area (Å²) in [4.78, 5) is 0. The van der Waals surface area contributed by atoms with E-state index in [1.165, 1.54) is 47.1 Å². The average Bonchev–Trinajstić information content (AvgIpc) is 2.45. The molecule has 0 saturated carbocycles. The molecule has 120 valence electrons. The van der Waals surface area contributed by atoms with Gasteiger partial charge in [-0.25, -0.2) is 0 Å². The molecule has 0 amide bonds. The third-order valence-electron chi connectivity index (χ3n) is 3.89. The normalized spacial score (nSPS) is 12.4. The standard InChI is InChI=1S/C22H32/c1-18(2)9-6-10-19(3)11-7-12-20(4)15-16-22-14-8-13-21(5)17-22/h8-9,11,13-15,17H,6-7,10,12,16H2,1-5H3. The maximum absolute atomic E-state index is 2.41. The minimum Gasteiger partial charge on any atom is -0.0856 e. The van der Waals surface area contributed by atoms with Crippen molar-refractivity contribution in [2.24, 2.45) is 0 Å². The molecule has 0 heterocycles. The molecule has 0 unspecified atom stereocenters. The lowest BCUT2D eigenvalue weighted by atomic mass is 10.0. The molecule has 0 spiro atoms. The predicted octanol–water partition coefficient (Wildman–Crippen LogP) is 6.96. The molecule has 1 aromatic carbocycles. The van der Waals surface area contributed by atoms with Crippen LogP contribution in [0.25, 0.3) is 0 Å². The fourth-order valence-corrected chi connectivity index (χ4v) is 2.47. The lowest BCUT2D eigenvalue weighted by molar-refractivity contribution is 0.914. The van der Waals surface area contributed by atoms with Gasteiger partial charge in [-0.15, -0.1) is 0 Å². The second kappa shape index (κ2) is 10.2. The van der Waals surface area contributed by atoms with Crippen molar-refractivity contribution in [3.8, 4) is 0 Å². The number of rotatable bonds is 8. The number of benzene rings is 1. The highest BCUT2D eigenvalue weighted by Crippen LogP contribution is 2.13. The molecular weight excluding hydrogens is 264 g/mol. The monoisotopic (exact) mass is 296 g/mol. The van der Waals surface area contributed by atoms with Gasteiger partial charge in [-0.1, -0.05) is 64.8 Å². The summed E-state index contributed by atoms with van der Waals surface area (Å²) in [5.74, 6) is 0. The van der Waals surface area contributed by atoms with Gasteiger partial charge in [0, 0.05) is 0 Å². The van der Waals surface area contributed by atoms with E-state index in [2.05, 4.69) is 77.1 Å². The molecule has 0 bridgehead atoms. The summed E-state index contributed by atoms with van der Waals surface area (Å²) in [5, 5.41) is 0. The molecule has 0 aliphatic heterocycles. The molecule has 0 heteroatoms. The summed E-state index contributed by atoms with van der Waals surface area (Å²) in [6, 6.07) is 8.79. The van der Waals surface area contributed by atoms with E-state index in [1.54, 1.807) is 0 Å². The molecule has 0 fully saturated rings. The third-order valence-corrected chi connectivity index (χ3v) is 3.89. The van der Waals surface area contributed by atoms with Gasteiger partial charge >= 0.3 is 0 Å². The Morgan fingerprint density at radius 2 is 1.50 bits per heavy atom. The fraction of sp³-hybridized carbons (Fsp3) is 0.455. The van der Waals surface area contributed by atoms with Crippen molar-refractivity contribution in [3.63, 3.8) is 0 Å². The first-order valence-corrected chi connectivity index (χ1v) is 8.47. The van der Waals surface area contributed by atoms with Crippen LogP contribution in [-0.4, -0.2) is 0 Å². The van der Waals surface area contributed by atoms with Crippen molar-refractivity contribution in [3.05, 3.63) is 70.3 Å². The molecule has 22 heavy (non-hydrogen) atoms. The molecule has 0 nitrogen and oxygen atoms in total. The quantitative estimate of drug-likeness (QED) is 0.455. The lowest BCUT2D eigenvalue weighted by Gasteiger charge is -2.03. The zero-order chi connectivity index (χ0) is 16.4. The summed E-state index contributed by atoms with van der Waals surface area (Å²) in [6.45, 7) is 11.0. The Morgan fingerprint density at radius 3 is 2.14 bits per heavy atom. The van der Waals surface area contributed by atoms with Gasteiger partial charge in [0.25, 0.3) is 0 Å². The van der Waals surface area contributed by atoms with Crippen molar-refractivity contribution in [1.29, 1.82) is 0 Å². The van der Waals surface area contributed by atoms with Crippen molar-refractivity contribution in [2.45, 2.75) is 66.7 Å². The van der Waals surface area contributed by atoms with E-state index in [0.29, 0.717) is 0 Å². The van der Waals surface area contributed by atoms with E-state index in [0.717, 1.165) is 12.8 Å². The van der Waals surface area contributed by atoms with Crippen molar-refractivity contribution in [1.82, 2.24) is 0 Å². The summed E-state index contributed by atoms with van der Waals surface area (Å²) in [5.41, 5.74) is 7.19. The van der Waals surface area contributed by atoms with Crippen LogP contribution in [0.2, 0.25) is 0 Å². The van der Waals surface area contributed by atoms with E-state index in [9.17, 15) is 0 Å². The molecule has 0 N–H and O–H groups in total. The second-order valence-electron chi connectivity index (χ2n) is 6.65. The molecule has 0 aliphatic rings. The molecule has 1 aromatic rings. The van der Waals surface area contributed by atoms with Crippen molar-refractivity contribution in [2.75, 3.05) is 0 Å². The Bertz CT molecular complexity index is 537. The Labute approximate surface area is 137 Å². The van der Waals surface area contributed by atoms with Crippen molar-refractivity contribution >= 4 is 0 Å². The largest absolute Gasteiger partial charge is 0.0856 e. The van der Waals surface area contributed by atoms with Gasteiger partial charge < -0.3 is 0 Å². The molecule has 0 aromatic heterocycles. The second-order valence-corrected chi connectivity index (χ2v) is 6.65. The van der Waals surface area contributed by atoms with Crippen LogP contribution in [0.1, 0.15) is 64.5 Å². The number of aryl methyl sites for hydroxylation is 1. The maximum atomic E-state index is 2.41. The van der Waals surface area contributed by atoms with E-state index in [4.69, 9.17) is 0 Å². The maximum Gasteiger partial charge on any atom is -0.00948 e. The molecular formula is C22H32. The van der Waals surface area contributed by atoms with Crippen LogP contribution in [-0.2, 0) is 6.42 Å². The zero-order valence-electron chi connectivity index (χ0n) is 15.1. The van der Waals surface area contributed by atoms with E-state index >= 15 is 0 Å². The summed E-state index contributed by atoms with van der Waals surface area (Å²) >= 11 is 0. The van der Waals surface area contributed by atoms with Crippen molar-refractivity contribution < 1.29 is 0 Å². The zero-order valence-corrected chi connectivity index (χ0v) is 15.1. The first-order chi connectivity index (χ1) is 10.5. The van der Waals surface area contributed by atoms with E-state index in [1.807, 2.05) is 0 Å². The van der Waals surface area contributed by atoms with E-state index in [-0.39, 0.29) is 0 Å². The molecule has 0 radical (unpaired) electrons. The minimum absolute atomic E-state index is 1.05. The van der Waals surface area contributed by atoms with Crippen LogP contribution < -0.4 is 0 Å². The Hall–Kier alpha value is -1.56. The SMILES string of the molecule is CC(C)=CCCC(C)=CCCC(C)=CCc1cccc(C)c1. The predicted molar refractivity (Wildman–Crippen MR) is 100 cm³/mol. The van der Waals surface area contributed by atoms with Crippen LogP contribution >= 0.6 is 0 Å². The van der Waals surface area contributed by atoms with Gasteiger partial charge in [0.05, 0.1) is 0 Å². The first kappa shape index (κ1) is 18.5. The van der Waals surface area contributed by atoms with Crippen LogP contribution in [0.4, 0.5) is 0 Å². The molecule has 0 aliphatic carbocycles. The lowest BCUT2D eigenvalue weighted by Crippen LogP contribution is -1.85. The van der Waals surface area contributed by atoms with Gasteiger partial charge in [0.15, 0.2) is 0 Å². The molecule has 0 atom stereocenters. The van der Waals surface area contributed by atoms with E-state index < -0.39 is 0 Å². The number of hydrogen-bond donors (Lipinski definition) is 0. The Kier molecular flexibility index (Phi) is 8.58. The summed E-state index contributed by atoms with van der Waals surface area (Å²) in [7, 11) is 0. The van der Waals surface area contributed by atoms with Crippen LogP contribution in [0.3, 0.4) is 0 Å². The topological polar surface area (TPSA) is 0 Å². The van der Waals surface area contributed by atoms with Gasteiger partial charge in [0.2, 0.25) is 0 Å². The number of hydrogen-bond acceptors (Lipinski definition) is 0. The Balaban J connectivity index is 2.34. The molecule has 1 rings (SSSR count). The average molecular weight is 296 g/mol. The molecule has 0 saturated heterocycles. The fourth-order valence-electron chi connectivity index (χ4n) is 2.47. The number of allylic oxidation sites excluding steroid dienone is 6. The van der Waals surface area contributed by atoms with Crippen LogP contribution in [0, 0.1) is 6.92 Å². The highest BCUT2D eigenvalue weighted by molar-refractivity contribution is 5.24. The summed E-state index contributed by atoms with van der Waals surface area (Å²) in [6.07, 6.45) is 12.9. The highest BCUT2D eigenvalue weighted by atomic mass is 14.0. The van der Waals surface area contributed by atoms with Crippen LogP contribution in [0.15, 0.2) is 59.2 Å². The van der Waals surface area contributed by atoms with Gasteiger partial charge in [-0.05, 0) is 72.3 Å². The van der Waals surface area contributed by atoms with Gasteiger partial charge in [0.1, 0.15) is 0 Å². The highest BCUT2D eigenvalue weighted by Gasteiger charge is 1.94. The van der Waals surface area contributed by atoms with Gasteiger partial charge in [-0.2, -0.15) is 0 Å². The first-order valence-electron chi connectivity index (χ1n) is 8.47. The minimum atomic E-state index is 1.05.